The Morgan fingerprint density at radius 1 is 1.41 bits per heavy atom. The highest BCUT2D eigenvalue weighted by molar-refractivity contribution is 5.72. The van der Waals surface area contributed by atoms with Crippen molar-refractivity contribution in [3.05, 3.63) is 35.4 Å². The number of nitrogens with two attached hydrogens (primary N) is 1. The maximum atomic E-state index is 11.2. The van der Waals surface area contributed by atoms with Gasteiger partial charge in [-0.2, -0.15) is 0 Å². The highest BCUT2D eigenvalue weighted by atomic mass is 16.5. The Labute approximate surface area is 99.8 Å². The standard InChI is InChI=1S/C12H17NO4/c1-17-11(15)6-8-4-2-3-5-9(8)12(16)10(14)7-13/h2-5,10,12,14,16H,6-7,13H2,1H3. The smallest absolute Gasteiger partial charge is 0.309 e. The van der Waals surface area contributed by atoms with Gasteiger partial charge in [-0.15, -0.1) is 0 Å². The summed E-state index contributed by atoms with van der Waals surface area (Å²) in [5.74, 6) is -0.396. The largest absolute Gasteiger partial charge is 0.469 e. The number of carbonyl (C=O) groups excluding carboxylic acids is 1. The summed E-state index contributed by atoms with van der Waals surface area (Å²) in [6.45, 7) is -0.0479. The number of carbonyl (C=O) groups is 1. The van der Waals surface area contributed by atoms with Crippen LogP contribution in [0.5, 0.6) is 0 Å². The number of ether oxygens (including phenoxy) is 1. The molecule has 5 heteroatoms. The van der Waals surface area contributed by atoms with E-state index in [-0.39, 0.29) is 13.0 Å². The van der Waals surface area contributed by atoms with Crippen molar-refractivity contribution in [1.82, 2.24) is 0 Å². The van der Waals surface area contributed by atoms with Gasteiger partial charge in [-0.25, -0.2) is 0 Å². The number of rotatable bonds is 5. The second kappa shape index (κ2) is 6.34. The van der Waals surface area contributed by atoms with Crippen LogP contribution in [0.1, 0.15) is 17.2 Å². The van der Waals surface area contributed by atoms with E-state index in [1.165, 1.54) is 7.11 Å². The zero-order chi connectivity index (χ0) is 12.8. The number of aliphatic hydroxyl groups is 2. The highest BCUT2D eigenvalue weighted by Crippen LogP contribution is 2.21. The van der Waals surface area contributed by atoms with Crippen LogP contribution in [-0.4, -0.2) is 35.9 Å². The summed E-state index contributed by atoms with van der Waals surface area (Å²) in [6, 6.07) is 6.84. The third kappa shape index (κ3) is 3.52. The van der Waals surface area contributed by atoms with Gasteiger partial charge in [0, 0.05) is 6.54 Å². The molecule has 4 N–H and O–H groups in total. The molecule has 0 amide bonds. The van der Waals surface area contributed by atoms with Gasteiger partial charge in [-0.1, -0.05) is 24.3 Å². The first-order valence-electron chi connectivity index (χ1n) is 5.31. The lowest BCUT2D eigenvalue weighted by Crippen LogP contribution is -2.28. The molecule has 0 aliphatic heterocycles. The molecule has 5 nitrogen and oxygen atoms in total. The first-order chi connectivity index (χ1) is 8.10. The van der Waals surface area contributed by atoms with E-state index in [9.17, 15) is 15.0 Å². The van der Waals surface area contributed by atoms with Crippen molar-refractivity contribution >= 4 is 5.97 Å². The molecule has 1 aromatic rings. The minimum Gasteiger partial charge on any atom is -0.469 e. The fraction of sp³-hybridized carbons (Fsp3) is 0.417. The molecule has 1 rings (SSSR count). The van der Waals surface area contributed by atoms with Crippen LogP contribution in [0.25, 0.3) is 0 Å². The van der Waals surface area contributed by atoms with Gasteiger partial charge < -0.3 is 20.7 Å². The van der Waals surface area contributed by atoms with Crippen LogP contribution in [0.3, 0.4) is 0 Å². The number of methoxy groups -OCH3 is 1. The van der Waals surface area contributed by atoms with Gasteiger partial charge in [0.1, 0.15) is 6.10 Å². The molecule has 1 aromatic carbocycles. The molecule has 0 fully saturated rings. The van der Waals surface area contributed by atoms with Gasteiger partial charge in [-0.05, 0) is 11.1 Å². The van der Waals surface area contributed by atoms with Crippen LogP contribution in [0.15, 0.2) is 24.3 Å². The SMILES string of the molecule is COC(=O)Cc1ccccc1C(O)C(O)CN. The van der Waals surface area contributed by atoms with Gasteiger partial charge in [0.2, 0.25) is 0 Å². The summed E-state index contributed by atoms with van der Waals surface area (Å²) in [6.07, 6.45) is -2.09. The fourth-order valence-corrected chi connectivity index (χ4v) is 1.55. The van der Waals surface area contributed by atoms with E-state index >= 15 is 0 Å². The lowest BCUT2D eigenvalue weighted by atomic mass is 9.97. The van der Waals surface area contributed by atoms with Crippen molar-refractivity contribution in [2.75, 3.05) is 13.7 Å². The monoisotopic (exact) mass is 239 g/mol. The molecule has 0 aliphatic carbocycles. The van der Waals surface area contributed by atoms with E-state index in [1.54, 1.807) is 24.3 Å². The number of hydrogen-bond acceptors (Lipinski definition) is 5. The maximum absolute atomic E-state index is 11.2. The third-order valence-corrected chi connectivity index (χ3v) is 2.54. The van der Waals surface area contributed by atoms with Crippen molar-refractivity contribution in [3.63, 3.8) is 0 Å². The molecule has 0 spiro atoms. The number of aliphatic hydroxyl groups excluding tert-OH is 2. The summed E-state index contributed by atoms with van der Waals surface area (Å²) in [7, 11) is 1.30. The molecule has 0 saturated heterocycles. The Hall–Kier alpha value is -1.43. The predicted molar refractivity (Wildman–Crippen MR) is 62.2 cm³/mol. The minimum absolute atomic E-state index is 0.0479. The molecule has 2 atom stereocenters. The van der Waals surface area contributed by atoms with Crippen LogP contribution in [0, 0.1) is 0 Å². The molecular weight excluding hydrogens is 222 g/mol. The topological polar surface area (TPSA) is 92.8 Å². The van der Waals surface area contributed by atoms with Crippen molar-refractivity contribution in [2.24, 2.45) is 5.73 Å². The van der Waals surface area contributed by atoms with Crippen molar-refractivity contribution in [3.8, 4) is 0 Å². The van der Waals surface area contributed by atoms with E-state index in [0.717, 1.165) is 0 Å². The first-order valence-corrected chi connectivity index (χ1v) is 5.31. The molecule has 2 unspecified atom stereocenters. The summed E-state index contributed by atoms with van der Waals surface area (Å²) in [4.78, 5) is 11.2. The van der Waals surface area contributed by atoms with E-state index in [1.807, 2.05) is 0 Å². The van der Waals surface area contributed by atoms with Crippen LogP contribution in [0.2, 0.25) is 0 Å². The van der Waals surface area contributed by atoms with Gasteiger partial charge in [0.05, 0.1) is 19.6 Å². The quantitative estimate of drug-likeness (QED) is 0.616. The summed E-state index contributed by atoms with van der Waals surface area (Å²) in [5.41, 5.74) is 6.41. The summed E-state index contributed by atoms with van der Waals surface area (Å²) < 4.78 is 4.57. The fourth-order valence-electron chi connectivity index (χ4n) is 1.55. The predicted octanol–water partition coefficient (Wildman–Crippen LogP) is -0.245. The second-order valence-corrected chi connectivity index (χ2v) is 3.70. The molecular formula is C12H17NO4. The zero-order valence-electron chi connectivity index (χ0n) is 9.67. The molecule has 94 valence electrons. The van der Waals surface area contributed by atoms with Crippen molar-refractivity contribution in [2.45, 2.75) is 18.6 Å². The maximum Gasteiger partial charge on any atom is 0.309 e. The van der Waals surface area contributed by atoms with Crippen LogP contribution in [-0.2, 0) is 16.0 Å². The Morgan fingerprint density at radius 3 is 2.65 bits per heavy atom. The molecule has 0 aliphatic rings. The Morgan fingerprint density at radius 2 is 2.06 bits per heavy atom. The molecule has 0 bridgehead atoms. The van der Waals surface area contributed by atoms with Gasteiger partial charge in [0.15, 0.2) is 0 Å². The number of esters is 1. The Balaban J connectivity index is 2.94. The van der Waals surface area contributed by atoms with E-state index in [2.05, 4.69) is 4.74 Å². The normalized spacial score (nSPS) is 14.1. The zero-order valence-corrected chi connectivity index (χ0v) is 9.67. The molecule has 0 radical (unpaired) electrons. The van der Waals surface area contributed by atoms with E-state index < -0.39 is 18.2 Å². The summed E-state index contributed by atoms with van der Waals surface area (Å²) in [5, 5.41) is 19.4. The molecule has 0 aromatic heterocycles. The van der Waals surface area contributed by atoms with Gasteiger partial charge in [0.25, 0.3) is 0 Å². The average Bonchev–Trinajstić information content (AvgIpc) is 2.37. The first kappa shape index (κ1) is 13.6. The molecule has 0 heterocycles. The minimum atomic E-state index is -1.10. The molecule has 0 saturated carbocycles. The highest BCUT2D eigenvalue weighted by Gasteiger charge is 2.20. The Bertz CT molecular complexity index is 381. The Kier molecular flexibility index (Phi) is 5.09. The summed E-state index contributed by atoms with van der Waals surface area (Å²) >= 11 is 0. The van der Waals surface area contributed by atoms with Crippen LogP contribution < -0.4 is 5.73 Å². The average molecular weight is 239 g/mol. The number of hydrogen-bond donors (Lipinski definition) is 3. The van der Waals surface area contributed by atoms with E-state index in [0.29, 0.717) is 11.1 Å². The van der Waals surface area contributed by atoms with Crippen LogP contribution >= 0.6 is 0 Å². The third-order valence-electron chi connectivity index (χ3n) is 2.54. The van der Waals surface area contributed by atoms with Crippen LogP contribution in [0.4, 0.5) is 0 Å². The van der Waals surface area contributed by atoms with Crippen molar-refractivity contribution < 1.29 is 19.7 Å². The van der Waals surface area contributed by atoms with Gasteiger partial charge >= 0.3 is 5.97 Å². The lowest BCUT2D eigenvalue weighted by Gasteiger charge is -2.19. The van der Waals surface area contributed by atoms with Gasteiger partial charge in [-0.3, -0.25) is 4.79 Å². The second-order valence-electron chi connectivity index (χ2n) is 3.70. The number of benzene rings is 1. The lowest BCUT2D eigenvalue weighted by molar-refractivity contribution is -0.139. The van der Waals surface area contributed by atoms with E-state index in [4.69, 9.17) is 5.73 Å². The van der Waals surface area contributed by atoms with Crippen molar-refractivity contribution in [1.29, 1.82) is 0 Å². The molecule has 17 heavy (non-hydrogen) atoms.